The minimum Gasteiger partial charge on any atom is -0.361 e. The number of H-pyrrole nitrogens is 1. The maximum absolute atomic E-state index is 12.3. The van der Waals surface area contributed by atoms with Crippen LogP contribution in [0.3, 0.4) is 0 Å². The Kier molecular flexibility index (Phi) is 3.34. The lowest BCUT2D eigenvalue weighted by atomic mass is 10.1. The first-order valence-corrected chi connectivity index (χ1v) is 7.31. The van der Waals surface area contributed by atoms with Crippen LogP contribution < -0.4 is 5.32 Å². The van der Waals surface area contributed by atoms with Gasteiger partial charge in [-0.25, -0.2) is 0 Å². The first-order chi connectivity index (χ1) is 11.7. The highest BCUT2D eigenvalue weighted by atomic mass is 16.5. The first-order valence-electron chi connectivity index (χ1n) is 7.31. The van der Waals surface area contributed by atoms with Crippen molar-refractivity contribution in [2.45, 2.75) is 13.5 Å². The van der Waals surface area contributed by atoms with Gasteiger partial charge in [-0.15, -0.1) is 0 Å². The number of rotatable bonds is 4. The number of carbonyl (C=O) groups excluding carboxylic acids is 1. The van der Waals surface area contributed by atoms with Crippen LogP contribution in [0.25, 0.3) is 22.4 Å². The molecule has 8 nitrogen and oxygen atoms in total. The molecule has 0 aliphatic rings. The van der Waals surface area contributed by atoms with Gasteiger partial charge in [0.05, 0.1) is 12.1 Å². The van der Waals surface area contributed by atoms with Gasteiger partial charge >= 0.3 is 0 Å². The fraction of sp³-hybridized carbons (Fsp3) is 0.125. The van der Waals surface area contributed by atoms with E-state index in [-0.39, 0.29) is 12.5 Å². The van der Waals surface area contributed by atoms with E-state index in [0.29, 0.717) is 28.7 Å². The molecule has 1 amide bonds. The lowest BCUT2D eigenvalue weighted by Crippen LogP contribution is -2.22. The third-order valence-corrected chi connectivity index (χ3v) is 3.56. The monoisotopic (exact) mass is 323 g/mol. The van der Waals surface area contributed by atoms with Crippen molar-refractivity contribution in [3.05, 3.63) is 53.7 Å². The van der Waals surface area contributed by atoms with Crippen molar-refractivity contribution in [2.75, 3.05) is 0 Å². The van der Waals surface area contributed by atoms with Crippen LogP contribution in [-0.2, 0) is 6.54 Å². The van der Waals surface area contributed by atoms with Crippen LogP contribution in [-0.4, -0.2) is 26.2 Å². The summed E-state index contributed by atoms with van der Waals surface area (Å²) < 4.78 is 10.1. The molecule has 0 bridgehead atoms. The zero-order valence-corrected chi connectivity index (χ0v) is 12.7. The largest absolute Gasteiger partial charge is 0.361 e. The molecule has 0 saturated heterocycles. The predicted octanol–water partition coefficient (Wildman–Crippen LogP) is 2.44. The standard InChI is InChI=1S/C16H13N5O3/c1-9-6-13(20-23-9)15-19-14(24-21-15)8-18-16(22)11-7-17-12-5-3-2-4-10(11)12/h2-7,17H,8H2,1H3,(H,18,22). The van der Waals surface area contributed by atoms with Gasteiger partial charge in [-0.1, -0.05) is 28.5 Å². The Labute approximate surface area is 135 Å². The van der Waals surface area contributed by atoms with Gasteiger partial charge in [0.25, 0.3) is 5.91 Å². The molecule has 1 aromatic carbocycles. The molecular formula is C16H13N5O3. The minimum atomic E-state index is -0.218. The minimum absolute atomic E-state index is 0.127. The highest BCUT2D eigenvalue weighted by Crippen LogP contribution is 2.18. The molecule has 3 heterocycles. The van der Waals surface area contributed by atoms with E-state index < -0.39 is 0 Å². The lowest BCUT2D eigenvalue weighted by Gasteiger charge is -2.00. The van der Waals surface area contributed by atoms with E-state index in [1.165, 1.54) is 0 Å². The molecule has 0 spiro atoms. The van der Waals surface area contributed by atoms with E-state index in [4.69, 9.17) is 9.05 Å². The number of benzene rings is 1. The number of aromatic amines is 1. The summed E-state index contributed by atoms with van der Waals surface area (Å²) in [6.07, 6.45) is 1.68. The van der Waals surface area contributed by atoms with Gasteiger partial charge in [0, 0.05) is 23.2 Å². The number of fused-ring (bicyclic) bond motifs is 1. The lowest BCUT2D eigenvalue weighted by molar-refractivity contribution is 0.0948. The van der Waals surface area contributed by atoms with Crippen LogP contribution in [0.1, 0.15) is 22.0 Å². The van der Waals surface area contributed by atoms with Gasteiger partial charge in [-0.3, -0.25) is 4.79 Å². The molecule has 0 atom stereocenters. The Morgan fingerprint density at radius 1 is 1.25 bits per heavy atom. The average Bonchev–Trinajstić information content (AvgIpc) is 3.31. The van der Waals surface area contributed by atoms with Crippen molar-refractivity contribution in [2.24, 2.45) is 0 Å². The fourth-order valence-corrected chi connectivity index (χ4v) is 2.41. The topological polar surface area (TPSA) is 110 Å². The summed E-state index contributed by atoms with van der Waals surface area (Å²) in [6, 6.07) is 9.30. The predicted molar refractivity (Wildman–Crippen MR) is 84.0 cm³/mol. The summed E-state index contributed by atoms with van der Waals surface area (Å²) in [6.45, 7) is 1.90. The zero-order valence-electron chi connectivity index (χ0n) is 12.7. The molecule has 120 valence electrons. The molecule has 0 fully saturated rings. The van der Waals surface area contributed by atoms with Gasteiger partial charge in [0.1, 0.15) is 5.76 Å². The molecule has 4 aromatic rings. The summed E-state index contributed by atoms with van der Waals surface area (Å²) >= 11 is 0. The van der Waals surface area contributed by atoms with Gasteiger partial charge in [-0.2, -0.15) is 4.98 Å². The molecule has 3 aromatic heterocycles. The van der Waals surface area contributed by atoms with Crippen molar-refractivity contribution >= 4 is 16.8 Å². The van der Waals surface area contributed by atoms with Crippen LogP contribution in [0.15, 0.2) is 45.6 Å². The first kappa shape index (κ1) is 14.2. The average molecular weight is 323 g/mol. The van der Waals surface area contributed by atoms with Gasteiger partial charge in [-0.05, 0) is 13.0 Å². The Morgan fingerprint density at radius 3 is 2.96 bits per heavy atom. The highest BCUT2D eigenvalue weighted by Gasteiger charge is 2.15. The number of hydrogen-bond donors (Lipinski definition) is 2. The van der Waals surface area contributed by atoms with Gasteiger partial charge in [0.15, 0.2) is 5.69 Å². The van der Waals surface area contributed by atoms with E-state index >= 15 is 0 Å². The van der Waals surface area contributed by atoms with E-state index in [2.05, 4.69) is 25.6 Å². The summed E-state index contributed by atoms with van der Waals surface area (Å²) in [5.74, 6) is 1.05. The molecule has 0 radical (unpaired) electrons. The van der Waals surface area contributed by atoms with Crippen LogP contribution in [0.2, 0.25) is 0 Å². The van der Waals surface area contributed by atoms with Crippen LogP contribution in [0.4, 0.5) is 0 Å². The van der Waals surface area contributed by atoms with Crippen molar-refractivity contribution in [1.82, 2.24) is 25.6 Å². The molecule has 4 rings (SSSR count). The molecule has 8 heteroatoms. The van der Waals surface area contributed by atoms with Crippen LogP contribution >= 0.6 is 0 Å². The van der Waals surface area contributed by atoms with Crippen LogP contribution in [0.5, 0.6) is 0 Å². The second-order valence-electron chi connectivity index (χ2n) is 5.27. The van der Waals surface area contributed by atoms with Gasteiger partial charge in [0.2, 0.25) is 11.7 Å². The highest BCUT2D eigenvalue weighted by molar-refractivity contribution is 6.06. The number of aryl methyl sites for hydroxylation is 1. The third kappa shape index (κ3) is 2.54. The van der Waals surface area contributed by atoms with Crippen molar-refractivity contribution < 1.29 is 13.8 Å². The molecular weight excluding hydrogens is 310 g/mol. The molecule has 0 unspecified atom stereocenters. The van der Waals surface area contributed by atoms with E-state index in [1.807, 2.05) is 24.3 Å². The normalized spacial score (nSPS) is 11.0. The molecule has 24 heavy (non-hydrogen) atoms. The number of carbonyl (C=O) groups is 1. The number of nitrogens with zero attached hydrogens (tertiary/aromatic N) is 3. The SMILES string of the molecule is Cc1cc(-c2noc(CNC(=O)c3c[nH]c4ccccc34)n2)no1. The number of nitrogens with one attached hydrogen (secondary N) is 2. The summed E-state index contributed by atoms with van der Waals surface area (Å²) in [5, 5.41) is 11.3. The molecule has 0 saturated carbocycles. The zero-order chi connectivity index (χ0) is 16.5. The van der Waals surface area contributed by atoms with E-state index in [0.717, 1.165) is 10.9 Å². The number of hydrogen-bond acceptors (Lipinski definition) is 6. The second kappa shape index (κ2) is 5.65. The van der Waals surface area contributed by atoms with Crippen LogP contribution in [0, 0.1) is 6.92 Å². The number of para-hydroxylation sites is 1. The Hall–Kier alpha value is -3.42. The van der Waals surface area contributed by atoms with Crippen molar-refractivity contribution in [1.29, 1.82) is 0 Å². The Balaban J connectivity index is 1.47. The second-order valence-corrected chi connectivity index (χ2v) is 5.27. The summed E-state index contributed by atoms with van der Waals surface area (Å²) in [5.41, 5.74) is 1.96. The number of amides is 1. The maximum atomic E-state index is 12.3. The smallest absolute Gasteiger partial charge is 0.253 e. The molecule has 0 aliphatic carbocycles. The Bertz CT molecular complexity index is 1010. The number of aromatic nitrogens is 4. The fourth-order valence-electron chi connectivity index (χ4n) is 2.41. The van der Waals surface area contributed by atoms with Gasteiger partial charge < -0.3 is 19.3 Å². The van der Waals surface area contributed by atoms with E-state index in [9.17, 15) is 4.79 Å². The van der Waals surface area contributed by atoms with Crippen molar-refractivity contribution in [3.63, 3.8) is 0 Å². The quantitative estimate of drug-likeness (QED) is 0.597. The van der Waals surface area contributed by atoms with E-state index in [1.54, 1.807) is 19.2 Å². The summed E-state index contributed by atoms with van der Waals surface area (Å²) in [4.78, 5) is 19.6. The van der Waals surface area contributed by atoms with Crippen molar-refractivity contribution in [3.8, 4) is 11.5 Å². The Morgan fingerprint density at radius 2 is 2.12 bits per heavy atom. The molecule has 0 aliphatic heterocycles. The summed E-state index contributed by atoms with van der Waals surface area (Å²) in [7, 11) is 0. The molecule has 2 N–H and O–H groups in total. The third-order valence-electron chi connectivity index (χ3n) is 3.56. The maximum Gasteiger partial charge on any atom is 0.253 e.